The number of anilines is 3. The van der Waals surface area contributed by atoms with Crippen molar-refractivity contribution >= 4 is 35.1 Å². The molecule has 3 amide bonds. The summed E-state index contributed by atoms with van der Waals surface area (Å²) in [7, 11) is 5.24. The van der Waals surface area contributed by atoms with Gasteiger partial charge in [0.15, 0.2) is 6.61 Å². The Bertz CT molecular complexity index is 1870. The summed E-state index contributed by atoms with van der Waals surface area (Å²) in [5.74, 6) is 0.651. The van der Waals surface area contributed by atoms with Crippen LogP contribution < -0.4 is 15.1 Å². The standard InChI is InChI=1S/C37H43F4N9O4/c1-6-19-54-35(53)50-18-16-47(22-36(50)23-49(24-36)31(51)11-8-13-45(3)4)15-17-48-14-12-29(34(52)46(5)30-10-7-9-28(38)32(30)48)44-33-26(21-42)27(37(39,40)41)20-25(2)43-33/h1,7-11,20,29H,12-19,22-24H2,2-5H3,(H,43,44)/b11-8+/t29-/m0/s1. The number of hydrogen-bond acceptors (Lipinski definition) is 10. The van der Waals surface area contributed by atoms with E-state index in [4.69, 9.17) is 11.2 Å². The molecular formula is C37H43F4N9O4. The van der Waals surface area contributed by atoms with E-state index in [-0.39, 0.29) is 68.0 Å². The van der Waals surface area contributed by atoms with Gasteiger partial charge in [0.05, 0.1) is 22.5 Å². The highest BCUT2D eigenvalue weighted by Crippen LogP contribution is 2.38. The first-order valence-electron chi connectivity index (χ1n) is 17.4. The number of likely N-dealkylation sites (tertiary alicyclic amines) is 1. The minimum Gasteiger partial charge on any atom is -0.436 e. The van der Waals surface area contributed by atoms with Gasteiger partial charge in [-0.1, -0.05) is 18.1 Å². The van der Waals surface area contributed by atoms with Gasteiger partial charge in [-0.25, -0.2) is 14.2 Å². The fourth-order valence-electron chi connectivity index (χ4n) is 7.14. The van der Waals surface area contributed by atoms with Crippen molar-refractivity contribution in [1.29, 1.82) is 5.26 Å². The number of fused-ring (bicyclic) bond motifs is 1. The van der Waals surface area contributed by atoms with Crippen molar-refractivity contribution in [2.75, 3.05) is 102 Å². The minimum atomic E-state index is -4.83. The van der Waals surface area contributed by atoms with Crippen molar-refractivity contribution in [3.8, 4) is 18.4 Å². The predicted molar refractivity (Wildman–Crippen MR) is 193 cm³/mol. The molecule has 1 aromatic heterocycles. The zero-order valence-corrected chi connectivity index (χ0v) is 30.6. The third kappa shape index (κ3) is 8.53. The second-order valence-corrected chi connectivity index (χ2v) is 13.9. The number of piperazine rings is 1. The van der Waals surface area contributed by atoms with Gasteiger partial charge in [-0.2, -0.15) is 18.4 Å². The molecule has 54 heavy (non-hydrogen) atoms. The number of alkyl halides is 3. The van der Waals surface area contributed by atoms with E-state index in [2.05, 4.69) is 21.1 Å². The molecule has 13 nitrogen and oxygen atoms in total. The number of benzene rings is 1. The number of hydrogen-bond donors (Lipinski definition) is 1. The van der Waals surface area contributed by atoms with Crippen LogP contribution in [0, 0.1) is 36.4 Å². The summed E-state index contributed by atoms with van der Waals surface area (Å²) in [6.07, 6.45) is 3.24. The normalized spacial score (nSPS) is 18.9. The number of nitrogens with zero attached hydrogens (tertiary/aromatic N) is 8. The Labute approximate surface area is 311 Å². The van der Waals surface area contributed by atoms with Crippen LogP contribution in [0.3, 0.4) is 0 Å². The Balaban J connectivity index is 1.36. The first-order valence-corrected chi connectivity index (χ1v) is 17.4. The number of terminal acetylenes is 1. The first-order chi connectivity index (χ1) is 25.6. The van der Waals surface area contributed by atoms with Gasteiger partial charge in [-0.3, -0.25) is 19.4 Å². The molecule has 0 unspecified atom stereocenters. The lowest BCUT2D eigenvalue weighted by Crippen LogP contribution is -2.78. The lowest BCUT2D eigenvalue weighted by Gasteiger charge is -2.59. The quantitative estimate of drug-likeness (QED) is 0.232. The summed E-state index contributed by atoms with van der Waals surface area (Å²) in [6, 6.07) is 5.60. The number of carbonyl (C=O) groups is 3. The summed E-state index contributed by atoms with van der Waals surface area (Å²) in [5, 5.41) is 12.5. The number of nitriles is 1. The molecule has 2 saturated heterocycles. The molecule has 0 bridgehead atoms. The highest BCUT2D eigenvalue weighted by molar-refractivity contribution is 6.01. The molecule has 3 aliphatic heterocycles. The van der Waals surface area contributed by atoms with Gasteiger partial charge in [-0.15, -0.1) is 6.42 Å². The molecular weight excluding hydrogens is 710 g/mol. The van der Waals surface area contributed by atoms with Crippen molar-refractivity contribution in [3.63, 3.8) is 0 Å². The number of para-hydroxylation sites is 1. The number of halogens is 4. The molecule has 0 radical (unpaired) electrons. The van der Waals surface area contributed by atoms with Gasteiger partial charge in [0.2, 0.25) is 11.8 Å². The average Bonchev–Trinajstić information content (AvgIpc) is 3.10. The van der Waals surface area contributed by atoms with E-state index < -0.39 is 46.7 Å². The number of rotatable bonds is 9. The number of carbonyl (C=O) groups excluding carboxylic acids is 3. The second kappa shape index (κ2) is 16.3. The van der Waals surface area contributed by atoms with E-state index in [1.165, 1.54) is 37.1 Å². The molecule has 1 N–H and O–H groups in total. The Morgan fingerprint density at radius 1 is 1.19 bits per heavy atom. The molecule has 1 spiro atoms. The van der Waals surface area contributed by atoms with Crippen LogP contribution in [-0.4, -0.2) is 141 Å². The number of nitrogens with one attached hydrogen (secondary N) is 1. The first kappa shape index (κ1) is 39.8. The smallest absolute Gasteiger partial charge is 0.417 e. The lowest BCUT2D eigenvalue weighted by molar-refractivity contribution is -0.145. The third-order valence-electron chi connectivity index (χ3n) is 9.76. The van der Waals surface area contributed by atoms with Gasteiger partial charge in [-0.05, 0) is 45.6 Å². The summed E-state index contributed by atoms with van der Waals surface area (Å²) >= 11 is 0. The molecule has 1 aromatic carbocycles. The Kier molecular flexibility index (Phi) is 12.0. The molecule has 3 aliphatic rings. The number of aromatic nitrogens is 1. The largest absolute Gasteiger partial charge is 0.436 e. The van der Waals surface area contributed by atoms with Crippen molar-refractivity contribution in [2.24, 2.45) is 0 Å². The summed E-state index contributed by atoms with van der Waals surface area (Å²) in [6.45, 7) is 4.24. The van der Waals surface area contributed by atoms with Gasteiger partial charge in [0.1, 0.15) is 29.3 Å². The zero-order chi connectivity index (χ0) is 39.4. The van der Waals surface area contributed by atoms with E-state index in [0.29, 0.717) is 32.7 Å². The molecule has 0 saturated carbocycles. The topological polar surface area (TPSA) is 129 Å². The van der Waals surface area contributed by atoms with Crippen LogP contribution in [0.2, 0.25) is 0 Å². The maximum absolute atomic E-state index is 15.6. The van der Waals surface area contributed by atoms with Crippen LogP contribution in [0.25, 0.3) is 0 Å². The summed E-state index contributed by atoms with van der Waals surface area (Å²) in [5.41, 5.74) is -2.19. The summed E-state index contributed by atoms with van der Waals surface area (Å²) in [4.78, 5) is 54.3. The molecule has 288 valence electrons. The molecule has 4 heterocycles. The SMILES string of the molecule is C#CCOC(=O)N1CCN(CCN2CC[C@H](Nc3nc(C)cc(C(F)(F)F)c3C#N)C(=O)N(C)c3cccc(F)c32)CC12CN(C(=O)/C=C/CN(C)C)C2. The number of aryl methyl sites for hydroxylation is 1. The Morgan fingerprint density at radius 3 is 2.59 bits per heavy atom. The molecule has 17 heteroatoms. The van der Waals surface area contributed by atoms with Crippen LogP contribution in [0.5, 0.6) is 0 Å². The van der Waals surface area contributed by atoms with E-state index in [1.807, 2.05) is 19.0 Å². The number of pyridine rings is 1. The highest BCUT2D eigenvalue weighted by atomic mass is 19.4. The number of ether oxygens (including phenoxy) is 1. The monoisotopic (exact) mass is 753 g/mol. The molecule has 1 atom stereocenters. The molecule has 2 fully saturated rings. The van der Waals surface area contributed by atoms with Crippen LogP contribution in [0.1, 0.15) is 23.2 Å². The van der Waals surface area contributed by atoms with E-state index in [9.17, 15) is 32.8 Å². The number of amides is 3. The van der Waals surface area contributed by atoms with Crippen molar-refractivity contribution in [2.45, 2.75) is 31.1 Å². The fourth-order valence-corrected chi connectivity index (χ4v) is 7.14. The van der Waals surface area contributed by atoms with Crippen LogP contribution in [0.4, 0.5) is 39.5 Å². The third-order valence-corrected chi connectivity index (χ3v) is 9.76. The number of likely N-dealkylation sites (N-methyl/N-ethyl adjacent to an activating group) is 2. The average molecular weight is 754 g/mol. The van der Waals surface area contributed by atoms with Gasteiger partial charge in [0.25, 0.3) is 0 Å². The van der Waals surface area contributed by atoms with Crippen LogP contribution in [-0.2, 0) is 20.5 Å². The van der Waals surface area contributed by atoms with Crippen LogP contribution in [0.15, 0.2) is 36.4 Å². The maximum atomic E-state index is 15.6. The van der Waals surface area contributed by atoms with Crippen molar-refractivity contribution in [1.82, 2.24) is 24.6 Å². The van der Waals surface area contributed by atoms with Gasteiger partial charge >= 0.3 is 12.3 Å². The van der Waals surface area contributed by atoms with Gasteiger partial charge < -0.3 is 29.7 Å². The fraction of sp³-hybridized carbons (Fsp3) is 0.486. The maximum Gasteiger partial charge on any atom is 0.417 e. The van der Waals surface area contributed by atoms with E-state index >= 15 is 4.39 Å². The molecule has 5 rings (SSSR count). The van der Waals surface area contributed by atoms with E-state index in [1.54, 1.807) is 32.9 Å². The second-order valence-electron chi connectivity index (χ2n) is 13.9. The Morgan fingerprint density at radius 2 is 1.93 bits per heavy atom. The predicted octanol–water partition coefficient (Wildman–Crippen LogP) is 3.16. The zero-order valence-electron chi connectivity index (χ0n) is 30.6. The van der Waals surface area contributed by atoms with Crippen molar-refractivity contribution < 1.29 is 36.7 Å². The van der Waals surface area contributed by atoms with E-state index in [0.717, 1.165) is 6.07 Å². The summed E-state index contributed by atoms with van der Waals surface area (Å²) < 4.78 is 62.5. The van der Waals surface area contributed by atoms with Gasteiger partial charge in [0, 0.05) is 77.7 Å². The lowest BCUT2D eigenvalue weighted by atomic mass is 9.85. The van der Waals surface area contributed by atoms with Crippen molar-refractivity contribution in [3.05, 3.63) is 59.1 Å². The van der Waals surface area contributed by atoms with Crippen LogP contribution >= 0.6 is 0 Å². The highest BCUT2D eigenvalue weighted by Gasteiger charge is 2.54. The molecule has 0 aliphatic carbocycles. The Hall–Kier alpha value is -5.39. The molecule has 2 aromatic rings. The minimum absolute atomic E-state index is 0.00596.